The van der Waals surface area contributed by atoms with Gasteiger partial charge in [-0.15, -0.1) is 12.4 Å². The third-order valence-electron chi connectivity index (χ3n) is 2.89. The molecule has 3 heteroatoms. The Labute approximate surface area is 104 Å². The van der Waals surface area contributed by atoms with Gasteiger partial charge in [0.1, 0.15) is 5.75 Å². The van der Waals surface area contributed by atoms with E-state index in [1.807, 2.05) is 30.3 Å². The number of piperidine rings is 1. The number of halogens is 1. The minimum absolute atomic E-state index is 0. The van der Waals surface area contributed by atoms with Crippen LogP contribution < -0.4 is 10.1 Å². The van der Waals surface area contributed by atoms with Crippen molar-refractivity contribution < 1.29 is 4.74 Å². The van der Waals surface area contributed by atoms with E-state index in [4.69, 9.17) is 4.74 Å². The van der Waals surface area contributed by atoms with Gasteiger partial charge in [0.25, 0.3) is 0 Å². The number of nitrogens with one attached hydrogen (secondary N) is 1. The predicted molar refractivity (Wildman–Crippen MR) is 69.4 cm³/mol. The first kappa shape index (κ1) is 13.3. The molecule has 0 amide bonds. The molecule has 1 fully saturated rings. The molecule has 1 aliphatic rings. The van der Waals surface area contributed by atoms with Crippen molar-refractivity contribution in [1.82, 2.24) is 5.32 Å². The molecule has 0 radical (unpaired) electrons. The highest BCUT2D eigenvalue weighted by atomic mass is 35.5. The van der Waals surface area contributed by atoms with Crippen LogP contribution in [0.1, 0.15) is 25.7 Å². The molecule has 1 aromatic rings. The molecule has 0 saturated carbocycles. The lowest BCUT2D eigenvalue weighted by molar-refractivity contribution is 0.268. The molecule has 2 rings (SSSR count). The molecular formula is C13H20ClNO. The molecule has 0 aliphatic carbocycles. The highest BCUT2D eigenvalue weighted by Crippen LogP contribution is 2.12. The van der Waals surface area contributed by atoms with Crippen molar-refractivity contribution in [3.8, 4) is 5.75 Å². The van der Waals surface area contributed by atoms with Crippen LogP contribution in [0, 0.1) is 0 Å². The Morgan fingerprint density at radius 3 is 2.69 bits per heavy atom. The van der Waals surface area contributed by atoms with Crippen molar-refractivity contribution in [3.05, 3.63) is 30.3 Å². The molecular weight excluding hydrogens is 222 g/mol. The van der Waals surface area contributed by atoms with Crippen LogP contribution >= 0.6 is 12.4 Å². The molecule has 2 nitrogen and oxygen atoms in total. The van der Waals surface area contributed by atoms with Crippen LogP contribution in [-0.4, -0.2) is 19.2 Å². The van der Waals surface area contributed by atoms with E-state index in [1.165, 1.54) is 25.8 Å². The van der Waals surface area contributed by atoms with Gasteiger partial charge in [0, 0.05) is 6.04 Å². The highest BCUT2D eigenvalue weighted by Gasteiger charge is 2.11. The second-order valence-electron chi connectivity index (χ2n) is 4.10. The third kappa shape index (κ3) is 4.42. The second kappa shape index (κ2) is 7.53. The van der Waals surface area contributed by atoms with Gasteiger partial charge in [-0.25, -0.2) is 0 Å². The zero-order chi connectivity index (χ0) is 10.3. The van der Waals surface area contributed by atoms with Gasteiger partial charge in [-0.2, -0.15) is 0 Å². The summed E-state index contributed by atoms with van der Waals surface area (Å²) >= 11 is 0. The Morgan fingerprint density at radius 1 is 1.19 bits per heavy atom. The minimum atomic E-state index is 0. The Morgan fingerprint density at radius 2 is 2.00 bits per heavy atom. The smallest absolute Gasteiger partial charge is 0.119 e. The summed E-state index contributed by atoms with van der Waals surface area (Å²) in [6.07, 6.45) is 5.12. The fraction of sp³-hybridized carbons (Fsp3) is 0.538. The first-order valence-electron chi connectivity index (χ1n) is 5.86. The SMILES string of the molecule is Cl.c1ccc(OCCC2CCCCN2)cc1. The van der Waals surface area contributed by atoms with Crippen LogP contribution in [0.25, 0.3) is 0 Å². The van der Waals surface area contributed by atoms with Gasteiger partial charge >= 0.3 is 0 Å². The molecule has 90 valence electrons. The Balaban J connectivity index is 0.00000128. The molecule has 1 aromatic carbocycles. The topological polar surface area (TPSA) is 21.3 Å². The fourth-order valence-electron chi connectivity index (χ4n) is 2.01. The van der Waals surface area contributed by atoms with E-state index in [0.717, 1.165) is 18.8 Å². The van der Waals surface area contributed by atoms with Crippen LogP contribution in [-0.2, 0) is 0 Å². The summed E-state index contributed by atoms with van der Waals surface area (Å²) in [5.41, 5.74) is 0. The average molecular weight is 242 g/mol. The molecule has 0 aromatic heterocycles. The van der Waals surface area contributed by atoms with Crippen molar-refractivity contribution in [1.29, 1.82) is 0 Å². The molecule has 1 unspecified atom stereocenters. The standard InChI is InChI=1S/C13H19NO.ClH/c1-2-7-13(8-3-1)15-11-9-12-6-4-5-10-14-12;/h1-3,7-8,12,14H,4-6,9-11H2;1H. The van der Waals surface area contributed by atoms with Gasteiger partial charge in [0.05, 0.1) is 6.61 Å². The van der Waals surface area contributed by atoms with Gasteiger partial charge < -0.3 is 10.1 Å². The third-order valence-corrected chi connectivity index (χ3v) is 2.89. The molecule has 0 spiro atoms. The summed E-state index contributed by atoms with van der Waals surface area (Å²) < 4.78 is 5.67. The number of ether oxygens (including phenoxy) is 1. The van der Waals surface area contributed by atoms with Gasteiger partial charge in [-0.1, -0.05) is 24.6 Å². The molecule has 1 saturated heterocycles. The lowest BCUT2D eigenvalue weighted by atomic mass is 10.0. The maximum absolute atomic E-state index is 5.67. The van der Waals surface area contributed by atoms with Crippen molar-refractivity contribution in [2.75, 3.05) is 13.2 Å². The number of rotatable bonds is 4. The van der Waals surface area contributed by atoms with Gasteiger partial charge in [-0.05, 0) is 37.9 Å². The Kier molecular flexibility index (Phi) is 6.27. The van der Waals surface area contributed by atoms with Gasteiger partial charge in [-0.3, -0.25) is 0 Å². The van der Waals surface area contributed by atoms with E-state index in [9.17, 15) is 0 Å². The fourth-order valence-corrected chi connectivity index (χ4v) is 2.01. The van der Waals surface area contributed by atoms with Crippen molar-refractivity contribution in [2.45, 2.75) is 31.7 Å². The summed E-state index contributed by atoms with van der Waals surface area (Å²) in [5.74, 6) is 0.980. The Hall–Kier alpha value is -0.730. The van der Waals surface area contributed by atoms with E-state index in [-0.39, 0.29) is 12.4 Å². The van der Waals surface area contributed by atoms with Crippen molar-refractivity contribution >= 4 is 12.4 Å². The lowest BCUT2D eigenvalue weighted by Crippen LogP contribution is -2.35. The van der Waals surface area contributed by atoms with E-state index in [0.29, 0.717) is 6.04 Å². The van der Waals surface area contributed by atoms with Crippen LogP contribution in [0.15, 0.2) is 30.3 Å². The summed E-state index contributed by atoms with van der Waals surface area (Å²) in [7, 11) is 0. The number of hydrogen-bond acceptors (Lipinski definition) is 2. The largest absolute Gasteiger partial charge is 0.494 e. The summed E-state index contributed by atoms with van der Waals surface area (Å²) in [6.45, 7) is 2.00. The normalized spacial score (nSPS) is 19.9. The molecule has 1 aliphatic heterocycles. The summed E-state index contributed by atoms with van der Waals surface area (Å²) in [6, 6.07) is 10.7. The summed E-state index contributed by atoms with van der Waals surface area (Å²) in [5, 5.41) is 3.53. The number of benzene rings is 1. The van der Waals surface area contributed by atoms with Crippen LogP contribution in [0.5, 0.6) is 5.75 Å². The van der Waals surface area contributed by atoms with Crippen molar-refractivity contribution in [2.24, 2.45) is 0 Å². The molecule has 0 bridgehead atoms. The monoisotopic (exact) mass is 241 g/mol. The summed E-state index contributed by atoms with van der Waals surface area (Å²) in [4.78, 5) is 0. The minimum Gasteiger partial charge on any atom is -0.494 e. The van der Waals surface area contributed by atoms with Crippen molar-refractivity contribution in [3.63, 3.8) is 0 Å². The van der Waals surface area contributed by atoms with Crippen LogP contribution in [0.4, 0.5) is 0 Å². The number of hydrogen-bond donors (Lipinski definition) is 1. The van der Waals surface area contributed by atoms with E-state index in [1.54, 1.807) is 0 Å². The van der Waals surface area contributed by atoms with E-state index >= 15 is 0 Å². The average Bonchev–Trinajstić information content (AvgIpc) is 2.32. The molecule has 1 heterocycles. The zero-order valence-electron chi connectivity index (χ0n) is 9.52. The van der Waals surface area contributed by atoms with Gasteiger partial charge in [0.2, 0.25) is 0 Å². The van der Waals surface area contributed by atoms with E-state index in [2.05, 4.69) is 5.32 Å². The maximum atomic E-state index is 5.67. The zero-order valence-corrected chi connectivity index (χ0v) is 10.3. The Bertz CT molecular complexity index is 273. The molecule has 16 heavy (non-hydrogen) atoms. The first-order valence-corrected chi connectivity index (χ1v) is 5.86. The van der Waals surface area contributed by atoms with E-state index < -0.39 is 0 Å². The predicted octanol–water partition coefficient (Wildman–Crippen LogP) is 3.02. The highest BCUT2D eigenvalue weighted by molar-refractivity contribution is 5.85. The molecule has 1 atom stereocenters. The number of para-hydroxylation sites is 1. The maximum Gasteiger partial charge on any atom is 0.119 e. The first-order chi connectivity index (χ1) is 7.45. The second-order valence-corrected chi connectivity index (χ2v) is 4.10. The molecule has 1 N–H and O–H groups in total. The van der Waals surface area contributed by atoms with Crippen LogP contribution in [0.3, 0.4) is 0 Å². The van der Waals surface area contributed by atoms with Gasteiger partial charge in [0.15, 0.2) is 0 Å². The van der Waals surface area contributed by atoms with Crippen LogP contribution in [0.2, 0.25) is 0 Å². The lowest BCUT2D eigenvalue weighted by Gasteiger charge is -2.23. The quantitative estimate of drug-likeness (QED) is 0.875.